The molecule has 14 heteroatoms. The molecule has 0 aliphatic heterocycles. The third-order valence-electron chi connectivity index (χ3n) is 12.0. The normalized spacial score (nSPS) is 21.7. The van der Waals surface area contributed by atoms with Crippen molar-refractivity contribution >= 4 is 19.8 Å². The van der Waals surface area contributed by atoms with Crippen LogP contribution in [0.25, 0.3) is 0 Å². The van der Waals surface area contributed by atoms with Crippen LogP contribution in [0.4, 0.5) is 0 Å². The number of carbonyl (C=O) groups is 2. The first-order valence-corrected chi connectivity index (χ1v) is 27.1. The fourth-order valence-electron chi connectivity index (χ4n) is 7.87. The van der Waals surface area contributed by atoms with Crippen molar-refractivity contribution in [1.82, 2.24) is 0 Å². The van der Waals surface area contributed by atoms with Crippen LogP contribution in [-0.2, 0) is 32.7 Å². The smallest absolute Gasteiger partial charge is 0.462 e. The molecule has 0 bridgehead atoms. The first-order chi connectivity index (χ1) is 30.9. The molecule has 0 aromatic heterocycles. The zero-order valence-corrected chi connectivity index (χ0v) is 41.0. The van der Waals surface area contributed by atoms with Crippen LogP contribution in [0.3, 0.4) is 0 Å². The minimum atomic E-state index is -5.12. The minimum Gasteiger partial charge on any atom is -0.462 e. The number of ether oxygens (including phenoxy) is 2. The van der Waals surface area contributed by atoms with E-state index in [1.54, 1.807) is 0 Å². The maximum absolute atomic E-state index is 12.8. The van der Waals surface area contributed by atoms with Crippen LogP contribution in [0.1, 0.15) is 226 Å². The number of unbranched alkanes of at least 4 members (excludes halogenated alkanes) is 27. The molecule has 6 N–H and O–H groups in total. The van der Waals surface area contributed by atoms with Crippen molar-refractivity contribution in [2.24, 2.45) is 0 Å². The molecule has 0 radical (unpaired) electrons. The molecular weight excluding hydrogens is 840 g/mol. The summed E-state index contributed by atoms with van der Waals surface area (Å²) in [6.45, 7) is 3.31. The average Bonchev–Trinajstić information content (AvgIpc) is 3.28. The van der Waals surface area contributed by atoms with Gasteiger partial charge in [-0.05, 0) is 64.2 Å². The second-order valence-electron chi connectivity index (χ2n) is 18.0. The maximum atomic E-state index is 12.8. The fraction of sp³-hybridized carbons (Fsp3) is 0.880. The van der Waals surface area contributed by atoms with Gasteiger partial charge < -0.3 is 39.9 Å². The zero-order valence-electron chi connectivity index (χ0n) is 40.1. The summed E-state index contributed by atoms with van der Waals surface area (Å²) in [5, 5.41) is 50.2. The molecule has 1 aliphatic carbocycles. The molecule has 64 heavy (non-hydrogen) atoms. The van der Waals surface area contributed by atoms with Crippen molar-refractivity contribution in [3.63, 3.8) is 0 Å². The summed E-state index contributed by atoms with van der Waals surface area (Å²) >= 11 is 0. The highest BCUT2D eigenvalue weighted by Gasteiger charge is 2.51. The van der Waals surface area contributed by atoms with Crippen molar-refractivity contribution in [1.29, 1.82) is 0 Å². The van der Waals surface area contributed by atoms with Crippen molar-refractivity contribution in [3.05, 3.63) is 24.3 Å². The Hall–Kier alpha value is -1.67. The summed E-state index contributed by atoms with van der Waals surface area (Å²) in [4.78, 5) is 35.8. The molecular formula is C50H93O13P. The highest BCUT2D eigenvalue weighted by atomic mass is 31.2. The summed E-state index contributed by atoms with van der Waals surface area (Å²) < 4.78 is 33.6. The molecule has 1 aliphatic rings. The molecule has 0 aromatic carbocycles. The van der Waals surface area contributed by atoms with E-state index in [9.17, 15) is 44.6 Å². The van der Waals surface area contributed by atoms with E-state index in [1.165, 1.54) is 116 Å². The SMILES string of the molecule is CCCCCCCCC/C=C\CCCCCCCC(=O)OC[C@H](COP(=O)(O)OC1C(O)C(O)C(O)[C@@H](O)C1O)OC(=O)CCCCCCCCC/C=C\CCCCCCCCCC. The van der Waals surface area contributed by atoms with Crippen molar-refractivity contribution in [2.75, 3.05) is 13.2 Å². The Morgan fingerprint density at radius 3 is 1.19 bits per heavy atom. The van der Waals surface area contributed by atoms with Gasteiger partial charge in [0.2, 0.25) is 0 Å². The number of hydrogen-bond acceptors (Lipinski definition) is 12. The molecule has 6 unspecified atom stereocenters. The number of phosphoric ester groups is 1. The number of aliphatic hydroxyl groups is 5. The zero-order chi connectivity index (χ0) is 47.1. The third kappa shape index (κ3) is 32.1. The topological polar surface area (TPSA) is 210 Å². The lowest BCUT2D eigenvalue weighted by molar-refractivity contribution is -0.220. The first-order valence-electron chi connectivity index (χ1n) is 25.6. The number of rotatable bonds is 43. The highest BCUT2D eigenvalue weighted by Crippen LogP contribution is 2.47. The van der Waals surface area contributed by atoms with Gasteiger partial charge in [0.1, 0.15) is 43.2 Å². The summed E-state index contributed by atoms with van der Waals surface area (Å²) in [7, 11) is -5.12. The first kappa shape index (κ1) is 60.3. The molecule has 376 valence electrons. The number of aliphatic hydroxyl groups excluding tert-OH is 5. The molecule has 0 heterocycles. The Morgan fingerprint density at radius 1 is 0.469 bits per heavy atom. The quantitative estimate of drug-likeness (QED) is 0.0146. The summed E-state index contributed by atoms with van der Waals surface area (Å²) in [6.07, 6.45) is 32.2. The molecule has 0 saturated heterocycles. The van der Waals surface area contributed by atoms with E-state index in [4.69, 9.17) is 18.5 Å². The van der Waals surface area contributed by atoms with Gasteiger partial charge >= 0.3 is 19.8 Å². The van der Waals surface area contributed by atoms with Crippen LogP contribution in [0.2, 0.25) is 0 Å². The number of hydrogen-bond donors (Lipinski definition) is 6. The van der Waals surface area contributed by atoms with E-state index >= 15 is 0 Å². The van der Waals surface area contributed by atoms with Crippen molar-refractivity contribution in [3.8, 4) is 0 Å². The van der Waals surface area contributed by atoms with Gasteiger partial charge in [0.05, 0.1) is 6.61 Å². The predicted octanol–water partition coefficient (Wildman–Crippen LogP) is 10.8. The lowest BCUT2D eigenvalue weighted by atomic mass is 9.85. The summed E-state index contributed by atoms with van der Waals surface area (Å²) in [5.74, 6) is -1.11. The van der Waals surface area contributed by atoms with Crippen LogP contribution >= 0.6 is 7.82 Å². The van der Waals surface area contributed by atoms with E-state index < -0.39 is 75.7 Å². The number of phosphoric acid groups is 1. The monoisotopic (exact) mass is 933 g/mol. The van der Waals surface area contributed by atoms with E-state index in [-0.39, 0.29) is 12.8 Å². The maximum Gasteiger partial charge on any atom is 0.472 e. The molecule has 13 nitrogen and oxygen atoms in total. The lowest BCUT2D eigenvalue weighted by Crippen LogP contribution is -2.64. The number of allylic oxidation sites excluding steroid dienone is 4. The van der Waals surface area contributed by atoms with Crippen LogP contribution in [0.5, 0.6) is 0 Å². The van der Waals surface area contributed by atoms with Crippen LogP contribution in [0.15, 0.2) is 24.3 Å². The third-order valence-corrected chi connectivity index (χ3v) is 13.0. The van der Waals surface area contributed by atoms with E-state index in [2.05, 4.69) is 38.2 Å². The van der Waals surface area contributed by atoms with Gasteiger partial charge in [-0.25, -0.2) is 4.57 Å². The molecule has 1 rings (SSSR count). The van der Waals surface area contributed by atoms with Crippen molar-refractivity contribution < 1.29 is 63.1 Å². The Bertz CT molecular complexity index is 1220. The molecule has 0 aromatic rings. The Kier molecular flexibility index (Phi) is 38.1. The molecule has 1 saturated carbocycles. The minimum absolute atomic E-state index is 0.0922. The van der Waals surface area contributed by atoms with E-state index in [1.807, 2.05) is 0 Å². The highest BCUT2D eigenvalue weighted by molar-refractivity contribution is 7.47. The van der Waals surface area contributed by atoms with E-state index in [0.717, 1.165) is 70.6 Å². The van der Waals surface area contributed by atoms with Crippen molar-refractivity contribution in [2.45, 2.75) is 268 Å². The van der Waals surface area contributed by atoms with Gasteiger partial charge in [0.15, 0.2) is 6.10 Å². The standard InChI is InChI=1S/C50H93O13P/c1-3-5-7-9-11-13-15-17-19-21-22-23-25-27-29-31-33-35-37-39-44(52)62-42(41-61-64(58,59)63-50-48(56)46(54)45(53)47(55)49(50)57)40-60-43(51)38-36-34-32-30-28-26-24-20-18-16-14-12-10-8-6-4-2/h20-22,24,42,45-50,53-57H,3-19,23,25-41H2,1-2H3,(H,58,59)/b22-21-,24-20-/t42-,45?,46-,47?,48?,49?,50?/m1/s1. The van der Waals surface area contributed by atoms with Gasteiger partial charge in [-0.3, -0.25) is 18.6 Å². The average molecular weight is 933 g/mol. The second-order valence-corrected chi connectivity index (χ2v) is 19.4. The Labute approximate surface area is 387 Å². The van der Waals surface area contributed by atoms with Gasteiger partial charge in [-0.15, -0.1) is 0 Å². The predicted molar refractivity (Wildman–Crippen MR) is 254 cm³/mol. The number of carbonyl (C=O) groups excluding carboxylic acids is 2. The van der Waals surface area contributed by atoms with Gasteiger partial charge in [0.25, 0.3) is 0 Å². The molecule has 0 spiro atoms. The number of esters is 2. The van der Waals surface area contributed by atoms with E-state index in [0.29, 0.717) is 12.8 Å². The van der Waals surface area contributed by atoms with Gasteiger partial charge in [0, 0.05) is 12.8 Å². The van der Waals surface area contributed by atoms with Crippen LogP contribution in [-0.4, -0.2) is 98.3 Å². The summed E-state index contributed by atoms with van der Waals surface area (Å²) in [6, 6.07) is 0. The van der Waals surface area contributed by atoms with Gasteiger partial charge in [-0.2, -0.15) is 0 Å². The fourth-order valence-corrected chi connectivity index (χ4v) is 8.84. The van der Waals surface area contributed by atoms with Crippen LogP contribution in [0, 0.1) is 0 Å². The Morgan fingerprint density at radius 2 is 0.797 bits per heavy atom. The van der Waals surface area contributed by atoms with Gasteiger partial charge in [-0.1, -0.05) is 173 Å². The molecule has 0 amide bonds. The molecule has 1 fully saturated rings. The second kappa shape index (κ2) is 40.4. The summed E-state index contributed by atoms with van der Waals surface area (Å²) in [5.41, 5.74) is 0. The largest absolute Gasteiger partial charge is 0.472 e. The lowest BCUT2D eigenvalue weighted by Gasteiger charge is -2.41. The molecule has 8 atom stereocenters. The Balaban J connectivity index is 2.41. The van der Waals surface area contributed by atoms with Crippen LogP contribution < -0.4 is 0 Å².